The van der Waals surface area contributed by atoms with Crippen molar-refractivity contribution in [1.82, 2.24) is 15.5 Å². The molecule has 1 unspecified atom stereocenters. The number of halogens is 3. The zero-order valence-corrected chi connectivity index (χ0v) is 14.1. The molecule has 2 aliphatic rings. The van der Waals surface area contributed by atoms with Gasteiger partial charge in [0.25, 0.3) is 0 Å². The fourth-order valence-corrected chi connectivity index (χ4v) is 3.70. The molecular formula is C18H24F3N3O. The van der Waals surface area contributed by atoms with Gasteiger partial charge in [-0.15, -0.1) is 0 Å². The highest BCUT2D eigenvalue weighted by Crippen LogP contribution is 2.46. The first kappa shape index (κ1) is 18.2. The number of nitrogens with zero attached hydrogens (tertiary/aromatic N) is 1. The van der Waals surface area contributed by atoms with Crippen molar-refractivity contribution in [3.8, 4) is 0 Å². The number of nitrogens with one attached hydrogen (secondary N) is 2. The minimum Gasteiger partial charge on any atom is -0.352 e. The first-order valence-electron chi connectivity index (χ1n) is 8.75. The first-order chi connectivity index (χ1) is 11.9. The zero-order valence-electron chi connectivity index (χ0n) is 14.1. The molecule has 138 valence electrons. The second-order valence-electron chi connectivity index (χ2n) is 7.02. The summed E-state index contributed by atoms with van der Waals surface area (Å²) in [5.74, 6) is -0.859. The molecular weight excluding hydrogens is 331 g/mol. The molecule has 2 saturated heterocycles. The maximum absolute atomic E-state index is 13.8. The molecule has 1 aromatic rings. The van der Waals surface area contributed by atoms with Crippen LogP contribution in [0.1, 0.15) is 24.8 Å². The number of benzene rings is 1. The smallest absolute Gasteiger partial charge is 0.352 e. The van der Waals surface area contributed by atoms with E-state index in [1.807, 2.05) is 30.3 Å². The molecule has 0 aromatic heterocycles. The Morgan fingerprint density at radius 1 is 1.24 bits per heavy atom. The quantitative estimate of drug-likeness (QED) is 0.871. The van der Waals surface area contributed by atoms with Crippen molar-refractivity contribution < 1.29 is 18.0 Å². The van der Waals surface area contributed by atoms with Gasteiger partial charge in [-0.2, -0.15) is 13.2 Å². The van der Waals surface area contributed by atoms with Crippen molar-refractivity contribution in [3.05, 3.63) is 35.9 Å². The van der Waals surface area contributed by atoms with Gasteiger partial charge in [0.1, 0.15) is 0 Å². The van der Waals surface area contributed by atoms with Crippen LogP contribution in [0.15, 0.2) is 30.3 Å². The van der Waals surface area contributed by atoms with E-state index in [0.717, 1.165) is 18.7 Å². The van der Waals surface area contributed by atoms with Crippen LogP contribution >= 0.6 is 0 Å². The van der Waals surface area contributed by atoms with Gasteiger partial charge >= 0.3 is 6.18 Å². The van der Waals surface area contributed by atoms with Gasteiger partial charge < -0.3 is 10.6 Å². The summed E-state index contributed by atoms with van der Waals surface area (Å²) in [6.45, 7) is 1.88. The molecule has 0 bridgehead atoms. The predicted octanol–water partition coefficient (Wildman–Crippen LogP) is 2.31. The molecule has 0 spiro atoms. The molecule has 7 heteroatoms. The standard InChI is InChI=1S/C18H24F3N3O/c19-18(20,21)17(16(25)23-15-6-9-22-10-7-15)8-11-24(13-17)12-14-4-2-1-3-5-14/h1-5,15,22H,6-13H2,(H,23,25). The topological polar surface area (TPSA) is 44.4 Å². The lowest BCUT2D eigenvalue weighted by Crippen LogP contribution is -2.55. The van der Waals surface area contributed by atoms with E-state index in [1.54, 1.807) is 4.90 Å². The van der Waals surface area contributed by atoms with Crippen molar-refractivity contribution in [1.29, 1.82) is 0 Å². The summed E-state index contributed by atoms with van der Waals surface area (Å²) >= 11 is 0. The number of likely N-dealkylation sites (tertiary alicyclic amines) is 1. The Morgan fingerprint density at radius 3 is 2.56 bits per heavy atom. The van der Waals surface area contributed by atoms with Crippen LogP contribution in [0, 0.1) is 5.41 Å². The van der Waals surface area contributed by atoms with Gasteiger partial charge in [-0.3, -0.25) is 9.69 Å². The van der Waals surface area contributed by atoms with Crippen molar-refractivity contribution in [2.75, 3.05) is 26.2 Å². The lowest BCUT2D eigenvalue weighted by atomic mass is 9.84. The van der Waals surface area contributed by atoms with Crippen LogP contribution in [0.5, 0.6) is 0 Å². The van der Waals surface area contributed by atoms with Gasteiger partial charge in [-0.25, -0.2) is 0 Å². The molecule has 2 N–H and O–H groups in total. The number of carbonyl (C=O) groups excluding carboxylic acids is 1. The lowest BCUT2D eigenvalue weighted by Gasteiger charge is -2.33. The fourth-order valence-electron chi connectivity index (χ4n) is 3.70. The first-order valence-corrected chi connectivity index (χ1v) is 8.75. The van der Waals surface area contributed by atoms with Crippen molar-refractivity contribution in [3.63, 3.8) is 0 Å². The average Bonchev–Trinajstić information content (AvgIpc) is 3.02. The Kier molecular flexibility index (Phi) is 5.34. The van der Waals surface area contributed by atoms with E-state index in [1.165, 1.54) is 0 Å². The molecule has 2 fully saturated rings. The highest BCUT2D eigenvalue weighted by Gasteiger charge is 2.63. The van der Waals surface area contributed by atoms with Crippen LogP contribution in [-0.4, -0.2) is 49.2 Å². The number of amides is 1. The van der Waals surface area contributed by atoms with Crippen LogP contribution in [0.4, 0.5) is 13.2 Å². The van der Waals surface area contributed by atoms with E-state index in [4.69, 9.17) is 0 Å². The summed E-state index contributed by atoms with van der Waals surface area (Å²) in [4.78, 5) is 14.3. The number of hydrogen-bond donors (Lipinski definition) is 2. The summed E-state index contributed by atoms with van der Waals surface area (Å²) in [5.41, 5.74) is -1.34. The molecule has 3 rings (SSSR count). The van der Waals surface area contributed by atoms with Crippen LogP contribution in [-0.2, 0) is 11.3 Å². The number of alkyl halides is 3. The highest BCUT2D eigenvalue weighted by atomic mass is 19.4. The normalized spacial score (nSPS) is 25.9. The molecule has 2 aliphatic heterocycles. The largest absolute Gasteiger partial charge is 0.404 e. The Bertz CT molecular complexity index is 587. The Morgan fingerprint density at radius 2 is 1.92 bits per heavy atom. The molecule has 1 amide bonds. The van der Waals surface area contributed by atoms with Crippen LogP contribution in [0.3, 0.4) is 0 Å². The van der Waals surface area contributed by atoms with Crippen molar-refractivity contribution in [2.45, 2.75) is 38.0 Å². The Hall–Kier alpha value is -1.60. The summed E-state index contributed by atoms with van der Waals surface area (Å²) in [6, 6.07) is 9.22. The molecule has 1 atom stereocenters. The monoisotopic (exact) mass is 355 g/mol. The third kappa shape index (κ3) is 3.98. The van der Waals surface area contributed by atoms with Crippen molar-refractivity contribution in [2.24, 2.45) is 5.41 Å². The Labute approximate surface area is 145 Å². The minimum absolute atomic E-state index is 0.170. The number of hydrogen-bond acceptors (Lipinski definition) is 3. The second-order valence-corrected chi connectivity index (χ2v) is 7.02. The van der Waals surface area contributed by atoms with Crippen molar-refractivity contribution >= 4 is 5.91 Å². The zero-order chi connectivity index (χ0) is 17.9. The summed E-state index contributed by atoms with van der Waals surface area (Å²) in [5, 5.41) is 5.82. The molecule has 0 aliphatic carbocycles. The third-order valence-electron chi connectivity index (χ3n) is 5.25. The van der Waals surface area contributed by atoms with Crippen LogP contribution in [0.25, 0.3) is 0 Å². The molecule has 0 radical (unpaired) electrons. The molecule has 0 saturated carbocycles. The number of carbonyl (C=O) groups is 1. The van der Waals surface area contributed by atoms with Gasteiger partial charge in [0.15, 0.2) is 5.41 Å². The van der Waals surface area contributed by atoms with Crippen LogP contribution < -0.4 is 10.6 Å². The van der Waals surface area contributed by atoms with E-state index in [9.17, 15) is 18.0 Å². The van der Waals surface area contributed by atoms with E-state index in [2.05, 4.69) is 10.6 Å². The molecule has 25 heavy (non-hydrogen) atoms. The summed E-state index contributed by atoms with van der Waals surface area (Å²) < 4.78 is 41.5. The number of rotatable bonds is 4. The minimum atomic E-state index is -4.55. The third-order valence-corrected chi connectivity index (χ3v) is 5.25. The van der Waals surface area contributed by atoms with E-state index < -0.39 is 17.5 Å². The van der Waals surface area contributed by atoms with Gasteiger partial charge in [-0.05, 0) is 44.5 Å². The van der Waals surface area contributed by atoms with Gasteiger partial charge in [0.05, 0.1) is 0 Å². The predicted molar refractivity (Wildman–Crippen MR) is 88.9 cm³/mol. The second kappa shape index (κ2) is 7.33. The van der Waals surface area contributed by atoms with Crippen LogP contribution in [0.2, 0.25) is 0 Å². The fraction of sp³-hybridized carbons (Fsp3) is 0.611. The summed E-state index contributed by atoms with van der Waals surface area (Å²) in [7, 11) is 0. The van der Waals surface area contributed by atoms with Gasteiger partial charge in [0, 0.05) is 19.1 Å². The van der Waals surface area contributed by atoms with Gasteiger partial charge in [-0.1, -0.05) is 30.3 Å². The molecule has 2 heterocycles. The SMILES string of the molecule is O=C(NC1CCNCC1)C1(C(F)(F)F)CCN(Cc2ccccc2)C1. The van der Waals surface area contributed by atoms with E-state index in [-0.39, 0.29) is 25.6 Å². The maximum atomic E-state index is 13.8. The van der Waals surface area contributed by atoms with E-state index in [0.29, 0.717) is 19.4 Å². The average molecular weight is 355 g/mol. The Balaban J connectivity index is 1.70. The summed E-state index contributed by atoms with van der Waals surface area (Å²) in [6.07, 6.45) is -3.38. The lowest BCUT2D eigenvalue weighted by molar-refractivity contribution is -0.218. The maximum Gasteiger partial charge on any atom is 0.404 e. The highest BCUT2D eigenvalue weighted by molar-refractivity contribution is 5.84. The van der Waals surface area contributed by atoms with Gasteiger partial charge in [0.2, 0.25) is 5.91 Å². The molecule has 4 nitrogen and oxygen atoms in total. The number of piperidine rings is 1. The van der Waals surface area contributed by atoms with E-state index >= 15 is 0 Å². The molecule has 1 aromatic carbocycles.